The van der Waals surface area contributed by atoms with Crippen LogP contribution < -0.4 is 15.4 Å². The summed E-state index contributed by atoms with van der Waals surface area (Å²) in [7, 11) is 0. The number of halogens is 3. The number of ether oxygens (including phenoxy) is 1. The van der Waals surface area contributed by atoms with Gasteiger partial charge in [0.15, 0.2) is 28.9 Å². The van der Waals surface area contributed by atoms with E-state index in [1.54, 1.807) is 6.92 Å². The van der Waals surface area contributed by atoms with Crippen LogP contribution >= 0.6 is 11.6 Å². The van der Waals surface area contributed by atoms with Crippen molar-refractivity contribution in [2.45, 2.75) is 26.2 Å². The average Bonchev–Trinajstić information content (AvgIpc) is 3.25. The summed E-state index contributed by atoms with van der Waals surface area (Å²) in [6, 6.07) is 3.99. The molecule has 2 aromatic heterocycles. The summed E-state index contributed by atoms with van der Waals surface area (Å²) in [4.78, 5) is 40.7. The molecule has 0 unspecified atom stereocenters. The number of benzene rings is 1. The highest BCUT2D eigenvalue weighted by atomic mass is 35.5. The van der Waals surface area contributed by atoms with Crippen molar-refractivity contribution in [3.05, 3.63) is 63.9 Å². The van der Waals surface area contributed by atoms with Crippen LogP contribution in [0.5, 0.6) is 5.75 Å². The number of H-pyrrole nitrogens is 1. The fourth-order valence-corrected chi connectivity index (χ4v) is 3.07. The molecule has 0 bridgehead atoms. The van der Waals surface area contributed by atoms with Crippen LogP contribution in [0.15, 0.2) is 30.5 Å². The lowest BCUT2D eigenvalue weighted by Crippen LogP contribution is -2.29. The number of nitrogens with one attached hydrogen (secondary N) is 3. The molecule has 3 aromatic rings. The zero-order valence-electron chi connectivity index (χ0n) is 18.7. The Labute approximate surface area is 202 Å². The van der Waals surface area contributed by atoms with Crippen molar-refractivity contribution in [2.24, 2.45) is 0 Å². The van der Waals surface area contributed by atoms with Gasteiger partial charge in [0.1, 0.15) is 5.82 Å². The standard InChI is InChI=1S/C22H20ClF2N5O5/c1-4-35-16-5-10(22(2,3)21(33)34)9-26-18(16)28-20(32)15-8-17(30-29-15)27-19(31)11-6-13(24)14(25)7-12(11)23/h5-9H,4H2,1-3H3,(H,33,34)(H,26,28,32)(H2,27,29,30,31). The van der Waals surface area contributed by atoms with Crippen LogP contribution in [0.3, 0.4) is 0 Å². The maximum Gasteiger partial charge on any atom is 0.313 e. The maximum absolute atomic E-state index is 13.5. The molecule has 0 aliphatic heterocycles. The van der Waals surface area contributed by atoms with Crippen LogP contribution in [0.2, 0.25) is 5.02 Å². The number of carboxylic acids is 1. The molecule has 1 aromatic carbocycles. The van der Waals surface area contributed by atoms with E-state index in [2.05, 4.69) is 25.8 Å². The number of rotatable bonds is 8. The minimum Gasteiger partial charge on any atom is -0.490 e. The fourth-order valence-electron chi connectivity index (χ4n) is 2.83. The highest BCUT2D eigenvalue weighted by Gasteiger charge is 2.31. The van der Waals surface area contributed by atoms with Crippen molar-refractivity contribution >= 4 is 41.0 Å². The van der Waals surface area contributed by atoms with E-state index < -0.39 is 34.8 Å². The third kappa shape index (κ3) is 5.54. The lowest BCUT2D eigenvalue weighted by atomic mass is 9.86. The van der Waals surface area contributed by atoms with Crippen LogP contribution in [-0.2, 0) is 10.2 Å². The number of carbonyl (C=O) groups excluding carboxylic acids is 2. The van der Waals surface area contributed by atoms with Gasteiger partial charge in [-0.05, 0) is 44.5 Å². The van der Waals surface area contributed by atoms with Gasteiger partial charge in [0.05, 0.1) is 22.6 Å². The van der Waals surface area contributed by atoms with E-state index in [0.717, 1.165) is 0 Å². The van der Waals surface area contributed by atoms with Crippen LogP contribution in [0.4, 0.5) is 20.4 Å². The summed E-state index contributed by atoms with van der Waals surface area (Å²) >= 11 is 5.80. The second kappa shape index (κ2) is 10.1. The van der Waals surface area contributed by atoms with Gasteiger partial charge >= 0.3 is 5.97 Å². The molecule has 0 aliphatic rings. The normalized spacial score (nSPS) is 11.1. The first-order chi connectivity index (χ1) is 16.4. The first-order valence-electron chi connectivity index (χ1n) is 10.1. The maximum atomic E-state index is 13.5. The van der Waals surface area contributed by atoms with Crippen molar-refractivity contribution in [3.63, 3.8) is 0 Å². The van der Waals surface area contributed by atoms with E-state index in [4.69, 9.17) is 16.3 Å². The smallest absolute Gasteiger partial charge is 0.313 e. The monoisotopic (exact) mass is 507 g/mol. The molecule has 2 amide bonds. The predicted octanol–water partition coefficient (Wildman–Crippen LogP) is 4.00. The predicted molar refractivity (Wildman–Crippen MR) is 122 cm³/mol. The summed E-state index contributed by atoms with van der Waals surface area (Å²) < 4.78 is 32.2. The number of aromatic amines is 1. The summed E-state index contributed by atoms with van der Waals surface area (Å²) in [5.41, 5.74) is -1.34. The third-order valence-corrected chi connectivity index (χ3v) is 5.27. The number of anilines is 2. The van der Waals surface area contributed by atoms with Gasteiger partial charge in [0.25, 0.3) is 11.8 Å². The number of pyridine rings is 1. The van der Waals surface area contributed by atoms with E-state index in [0.29, 0.717) is 17.7 Å². The Hall–Kier alpha value is -4.06. The first-order valence-corrected chi connectivity index (χ1v) is 10.5. The van der Waals surface area contributed by atoms with E-state index in [9.17, 15) is 28.3 Å². The minimum atomic E-state index is -1.25. The Kier molecular flexibility index (Phi) is 7.34. The molecular weight excluding hydrogens is 488 g/mol. The van der Waals surface area contributed by atoms with Crippen molar-refractivity contribution in [1.82, 2.24) is 15.2 Å². The van der Waals surface area contributed by atoms with E-state index in [1.165, 1.54) is 32.2 Å². The van der Waals surface area contributed by atoms with Crippen LogP contribution in [-0.4, -0.2) is 44.7 Å². The Bertz CT molecular complexity index is 1310. The van der Waals surface area contributed by atoms with Gasteiger partial charge in [-0.15, -0.1) is 0 Å². The van der Waals surface area contributed by atoms with Gasteiger partial charge in [-0.1, -0.05) is 11.6 Å². The first kappa shape index (κ1) is 25.6. The summed E-state index contributed by atoms with van der Waals surface area (Å²) in [5.74, 6) is -4.92. The number of aromatic nitrogens is 3. The Morgan fingerprint density at radius 1 is 1.11 bits per heavy atom. The molecule has 0 fully saturated rings. The van der Waals surface area contributed by atoms with Crippen molar-refractivity contribution in [2.75, 3.05) is 17.2 Å². The second-order valence-corrected chi connectivity index (χ2v) is 8.16. The molecule has 0 aliphatic carbocycles. The quantitative estimate of drug-likeness (QED) is 0.337. The summed E-state index contributed by atoms with van der Waals surface area (Å²) in [6.45, 7) is 4.95. The van der Waals surface area contributed by atoms with Crippen molar-refractivity contribution in [3.8, 4) is 5.75 Å². The van der Waals surface area contributed by atoms with Crippen LogP contribution in [0, 0.1) is 11.6 Å². The number of hydrogen-bond acceptors (Lipinski definition) is 6. The molecule has 0 saturated carbocycles. The molecule has 184 valence electrons. The number of hydrogen-bond donors (Lipinski definition) is 4. The molecule has 0 saturated heterocycles. The Morgan fingerprint density at radius 3 is 2.46 bits per heavy atom. The van der Waals surface area contributed by atoms with E-state index in [1.807, 2.05) is 0 Å². The van der Waals surface area contributed by atoms with E-state index >= 15 is 0 Å². The highest BCUT2D eigenvalue weighted by molar-refractivity contribution is 6.34. The van der Waals surface area contributed by atoms with Gasteiger partial charge < -0.3 is 20.5 Å². The number of aliphatic carboxylic acids is 1. The number of nitrogens with zero attached hydrogens (tertiary/aromatic N) is 2. The minimum absolute atomic E-state index is 0.0162. The van der Waals surface area contributed by atoms with Gasteiger partial charge in [-0.25, -0.2) is 13.8 Å². The van der Waals surface area contributed by atoms with Crippen LogP contribution in [0.1, 0.15) is 47.2 Å². The molecule has 35 heavy (non-hydrogen) atoms. The zero-order chi connectivity index (χ0) is 25.9. The summed E-state index contributed by atoms with van der Waals surface area (Å²) in [5, 5.41) is 20.2. The molecule has 0 atom stereocenters. The second-order valence-electron chi connectivity index (χ2n) is 7.76. The van der Waals surface area contributed by atoms with Crippen molar-refractivity contribution in [1.29, 1.82) is 0 Å². The topological polar surface area (TPSA) is 146 Å². The molecule has 4 N–H and O–H groups in total. The van der Waals surface area contributed by atoms with Gasteiger partial charge in [-0.2, -0.15) is 5.10 Å². The highest BCUT2D eigenvalue weighted by Crippen LogP contribution is 2.31. The van der Waals surface area contributed by atoms with Crippen LogP contribution in [0.25, 0.3) is 0 Å². The SMILES string of the molecule is CCOc1cc(C(C)(C)C(=O)O)cnc1NC(=O)c1cc(NC(=O)c2cc(F)c(F)cc2Cl)[nH]n1. The van der Waals surface area contributed by atoms with Gasteiger partial charge in [0.2, 0.25) is 0 Å². The number of amides is 2. The lowest BCUT2D eigenvalue weighted by molar-refractivity contribution is -0.142. The molecule has 13 heteroatoms. The molecule has 0 radical (unpaired) electrons. The molecule has 10 nitrogen and oxygen atoms in total. The summed E-state index contributed by atoms with van der Waals surface area (Å²) in [6.07, 6.45) is 1.31. The molecule has 3 rings (SSSR count). The lowest BCUT2D eigenvalue weighted by Gasteiger charge is -2.21. The van der Waals surface area contributed by atoms with Crippen molar-refractivity contribution < 1.29 is 33.0 Å². The molecular formula is C22H20ClF2N5O5. The largest absolute Gasteiger partial charge is 0.490 e. The number of carboxylic acid groups (broad SMARTS) is 1. The van der Waals surface area contributed by atoms with E-state index in [-0.39, 0.29) is 40.3 Å². The zero-order valence-corrected chi connectivity index (χ0v) is 19.5. The Balaban J connectivity index is 1.77. The fraction of sp³-hybridized carbons (Fsp3) is 0.227. The van der Waals surface area contributed by atoms with Gasteiger partial charge in [-0.3, -0.25) is 19.5 Å². The average molecular weight is 508 g/mol. The Morgan fingerprint density at radius 2 is 1.80 bits per heavy atom. The van der Waals surface area contributed by atoms with Gasteiger partial charge in [0, 0.05) is 12.3 Å². The molecule has 0 spiro atoms. The molecule has 2 heterocycles. The third-order valence-electron chi connectivity index (χ3n) is 4.95. The number of carbonyl (C=O) groups is 3.